The topological polar surface area (TPSA) is 38.7 Å². The molecule has 2 unspecified atom stereocenters. The minimum Gasteiger partial charge on any atom is -0.394 e. The van der Waals surface area contributed by atoms with Gasteiger partial charge in [0.05, 0.1) is 18.6 Å². The van der Waals surface area contributed by atoms with E-state index in [2.05, 4.69) is 0 Å². The van der Waals surface area contributed by atoms with Crippen molar-refractivity contribution in [3.63, 3.8) is 0 Å². The highest BCUT2D eigenvalue weighted by atomic mass is 32.0. The first-order valence-electron chi connectivity index (χ1n) is 3.42. The van der Waals surface area contributed by atoms with Crippen LogP contribution in [0.5, 0.6) is 0 Å². The normalized spacial score (nSPS) is 14.2. The summed E-state index contributed by atoms with van der Waals surface area (Å²) in [4.78, 5) is 0. The molecule has 0 radical (unpaired) electrons. The van der Waals surface area contributed by atoms with E-state index in [1.165, 1.54) is 0 Å². The molecular formula is C6H16O3P2. The average Bonchev–Trinajstić information content (AvgIpc) is 1.99. The predicted octanol–water partition coefficient (Wildman–Crippen LogP) is 1.56. The van der Waals surface area contributed by atoms with E-state index in [4.69, 9.17) is 14.4 Å². The Morgan fingerprint density at radius 2 is 2.09 bits per heavy atom. The van der Waals surface area contributed by atoms with Crippen LogP contribution in [0.25, 0.3) is 0 Å². The van der Waals surface area contributed by atoms with Crippen LogP contribution in [0.15, 0.2) is 0 Å². The molecule has 0 aliphatic carbocycles. The number of aliphatic hydroxyl groups is 1. The zero-order valence-corrected chi connectivity index (χ0v) is 9.18. The van der Waals surface area contributed by atoms with Crippen molar-refractivity contribution >= 4 is 16.8 Å². The molecular weight excluding hydrogens is 182 g/mol. The van der Waals surface area contributed by atoms with Crippen molar-refractivity contribution in [2.24, 2.45) is 0 Å². The van der Waals surface area contributed by atoms with Crippen molar-refractivity contribution < 1.29 is 14.4 Å². The molecule has 0 aromatic rings. The monoisotopic (exact) mass is 198 g/mol. The van der Waals surface area contributed by atoms with E-state index >= 15 is 0 Å². The predicted molar refractivity (Wildman–Crippen MR) is 50.8 cm³/mol. The molecule has 0 fully saturated rings. The lowest BCUT2D eigenvalue weighted by Gasteiger charge is -2.21. The van der Waals surface area contributed by atoms with Gasteiger partial charge in [0.1, 0.15) is 0 Å². The molecule has 68 valence electrons. The van der Waals surface area contributed by atoms with Gasteiger partial charge in [-0.15, -0.1) is 0 Å². The summed E-state index contributed by atoms with van der Waals surface area (Å²) in [6.45, 7) is 4.59. The van der Waals surface area contributed by atoms with E-state index in [1.807, 2.05) is 13.8 Å². The molecule has 1 N–H and O–H groups in total. The smallest absolute Gasteiger partial charge is 0.0841 e. The van der Waals surface area contributed by atoms with Crippen LogP contribution in [0.4, 0.5) is 0 Å². The summed E-state index contributed by atoms with van der Waals surface area (Å²) in [6, 6.07) is 0. The van der Waals surface area contributed by atoms with E-state index in [1.54, 1.807) is 7.11 Å². The fourth-order valence-electron chi connectivity index (χ4n) is 0.307. The highest BCUT2D eigenvalue weighted by Gasteiger charge is 2.15. The molecule has 3 nitrogen and oxygen atoms in total. The third kappa shape index (κ3) is 7.11. The third-order valence-electron chi connectivity index (χ3n) is 1.13. The minimum atomic E-state index is -0.0755. The largest absolute Gasteiger partial charge is 0.394 e. The van der Waals surface area contributed by atoms with Crippen molar-refractivity contribution in [2.45, 2.75) is 19.2 Å². The van der Waals surface area contributed by atoms with Crippen LogP contribution >= 0.6 is 16.8 Å². The average molecular weight is 198 g/mol. The SMILES string of the molecule is COC(C)(C)PPOCCO. The zero-order chi connectivity index (χ0) is 8.74. The second-order valence-corrected chi connectivity index (χ2v) is 5.82. The zero-order valence-electron chi connectivity index (χ0n) is 7.18. The Kier molecular flexibility index (Phi) is 6.70. The van der Waals surface area contributed by atoms with Crippen LogP contribution in [0.2, 0.25) is 0 Å². The minimum absolute atomic E-state index is 0.0755. The van der Waals surface area contributed by atoms with Gasteiger partial charge in [-0.05, 0) is 22.1 Å². The van der Waals surface area contributed by atoms with E-state index in [-0.39, 0.29) is 11.9 Å². The molecule has 0 saturated heterocycles. The Hall–Kier alpha value is 0.740. The molecule has 0 saturated carbocycles. The summed E-state index contributed by atoms with van der Waals surface area (Å²) < 4.78 is 10.3. The molecule has 0 rings (SSSR count). The maximum atomic E-state index is 8.40. The molecule has 0 amide bonds. The van der Waals surface area contributed by atoms with Gasteiger partial charge in [0.25, 0.3) is 0 Å². The van der Waals surface area contributed by atoms with Crippen LogP contribution in [0.3, 0.4) is 0 Å². The fourth-order valence-corrected chi connectivity index (χ4v) is 2.49. The van der Waals surface area contributed by atoms with Gasteiger partial charge in [0.15, 0.2) is 0 Å². The quantitative estimate of drug-likeness (QED) is 0.520. The van der Waals surface area contributed by atoms with Gasteiger partial charge in [-0.25, -0.2) is 0 Å². The lowest BCUT2D eigenvalue weighted by molar-refractivity contribution is 0.101. The van der Waals surface area contributed by atoms with Gasteiger partial charge in [-0.3, -0.25) is 0 Å². The molecule has 0 aromatic heterocycles. The summed E-state index contributed by atoms with van der Waals surface area (Å²) in [5.41, 5.74) is 0. The van der Waals surface area contributed by atoms with Gasteiger partial charge in [0.2, 0.25) is 0 Å². The van der Waals surface area contributed by atoms with E-state index in [0.29, 0.717) is 23.4 Å². The molecule has 0 aliphatic heterocycles. The second-order valence-electron chi connectivity index (χ2n) is 2.51. The first-order chi connectivity index (χ1) is 5.12. The molecule has 0 bridgehead atoms. The number of hydrogen-bond donors (Lipinski definition) is 1. The molecule has 2 atom stereocenters. The lowest BCUT2D eigenvalue weighted by atomic mass is 10.5. The fraction of sp³-hybridized carbons (Fsp3) is 1.00. The highest BCUT2D eigenvalue weighted by molar-refractivity contribution is 8.10. The Bertz CT molecular complexity index is 97.8. The van der Waals surface area contributed by atoms with Crippen LogP contribution < -0.4 is 0 Å². The number of rotatable bonds is 6. The van der Waals surface area contributed by atoms with Gasteiger partial charge in [-0.2, -0.15) is 0 Å². The number of methoxy groups -OCH3 is 1. The van der Waals surface area contributed by atoms with Crippen molar-refractivity contribution in [1.82, 2.24) is 0 Å². The van der Waals surface area contributed by atoms with Crippen molar-refractivity contribution in [3.8, 4) is 0 Å². The molecule has 0 aromatic carbocycles. The van der Waals surface area contributed by atoms with Gasteiger partial charge in [-0.1, -0.05) is 0 Å². The molecule has 11 heavy (non-hydrogen) atoms. The van der Waals surface area contributed by atoms with Crippen molar-refractivity contribution in [2.75, 3.05) is 20.3 Å². The van der Waals surface area contributed by atoms with E-state index in [0.717, 1.165) is 0 Å². The molecule has 0 spiro atoms. The number of ether oxygens (including phenoxy) is 1. The maximum Gasteiger partial charge on any atom is 0.0841 e. The van der Waals surface area contributed by atoms with Crippen LogP contribution in [-0.4, -0.2) is 30.8 Å². The van der Waals surface area contributed by atoms with Gasteiger partial charge in [0, 0.05) is 15.6 Å². The first kappa shape index (κ1) is 11.7. The Morgan fingerprint density at radius 1 is 1.45 bits per heavy atom. The third-order valence-corrected chi connectivity index (χ3v) is 4.93. The summed E-state index contributed by atoms with van der Waals surface area (Å²) in [5, 5.41) is 8.33. The summed E-state index contributed by atoms with van der Waals surface area (Å²) in [6.07, 6.45) is 0. The van der Waals surface area contributed by atoms with Crippen LogP contribution in [0, 0.1) is 0 Å². The standard InChI is InChI=1S/C6H16O3P2/c1-6(2,8-3)10-11-9-5-4-7/h7,10-11H,4-5H2,1-3H3. The van der Waals surface area contributed by atoms with Crippen molar-refractivity contribution in [3.05, 3.63) is 0 Å². The van der Waals surface area contributed by atoms with E-state index < -0.39 is 0 Å². The Morgan fingerprint density at radius 3 is 2.55 bits per heavy atom. The summed E-state index contributed by atoms with van der Waals surface area (Å²) in [5.74, 6) is 0. The van der Waals surface area contributed by atoms with Crippen molar-refractivity contribution in [1.29, 1.82) is 0 Å². The van der Waals surface area contributed by atoms with Crippen LogP contribution in [0.1, 0.15) is 13.8 Å². The Balaban J connectivity index is 3.23. The summed E-state index contributed by atoms with van der Waals surface area (Å²) in [7, 11) is 2.78. The first-order valence-corrected chi connectivity index (χ1v) is 6.33. The maximum absolute atomic E-state index is 8.40. The number of aliphatic hydroxyl groups excluding tert-OH is 1. The molecule has 0 aliphatic rings. The highest BCUT2D eigenvalue weighted by Crippen LogP contribution is 2.48. The lowest BCUT2D eigenvalue weighted by Crippen LogP contribution is -2.13. The van der Waals surface area contributed by atoms with Gasteiger partial charge >= 0.3 is 0 Å². The molecule has 0 heterocycles. The second kappa shape index (κ2) is 6.28. The number of hydrogen-bond acceptors (Lipinski definition) is 3. The Labute approximate surface area is 71.4 Å². The van der Waals surface area contributed by atoms with Crippen LogP contribution in [-0.2, 0) is 9.26 Å². The summed E-state index contributed by atoms with van der Waals surface area (Å²) >= 11 is 0. The van der Waals surface area contributed by atoms with E-state index in [9.17, 15) is 0 Å². The molecule has 5 heteroatoms. The van der Waals surface area contributed by atoms with Gasteiger partial charge < -0.3 is 14.4 Å².